The first kappa shape index (κ1) is 24.5. The molecule has 4 N–H and O–H groups in total. The molecule has 2 heterocycles. The topological polar surface area (TPSA) is 278 Å². The van der Waals surface area contributed by atoms with Crippen molar-refractivity contribution in [1.29, 1.82) is 0 Å². The van der Waals surface area contributed by atoms with E-state index in [4.69, 9.17) is 17.5 Å². The van der Waals surface area contributed by atoms with Crippen LogP contribution in [0.2, 0.25) is 0 Å². The van der Waals surface area contributed by atoms with Crippen molar-refractivity contribution in [3.8, 4) is 22.8 Å². The Morgan fingerprint density at radius 3 is 1.21 bits per heavy atom. The van der Waals surface area contributed by atoms with Crippen LogP contribution in [-0.4, -0.2) is 58.4 Å². The van der Waals surface area contributed by atoms with Crippen molar-refractivity contribution in [2.24, 2.45) is 0 Å². The summed E-state index contributed by atoms with van der Waals surface area (Å²) in [4.78, 5) is 19.8. The Hall–Kier alpha value is -4.75. The summed E-state index contributed by atoms with van der Waals surface area (Å²) in [5.74, 6) is 1.08. The van der Waals surface area contributed by atoms with E-state index < -0.39 is 20.2 Å². The Balaban J connectivity index is 0.000000195. The van der Waals surface area contributed by atoms with Gasteiger partial charge in [-0.25, -0.2) is 0 Å². The molecule has 0 atom stereocenters. The Kier molecular flexibility index (Phi) is 8.20. The minimum atomic E-state index is -5.17. The third kappa shape index (κ3) is 8.49. The number of nitrogens with one attached hydrogen (secondary N) is 4. The van der Waals surface area contributed by atoms with Crippen LogP contribution in [-0.2, 0) is 10.4 Å². The van der Waals surface area contributed by atoms with Crippen molar-refractivity contribution in [3.05, 3.63) is 68.8 Å². The Morgan fingerprint density at radius 1 is 0.697 bits per heavy atom. The fourth-order valence-corrected chi connectivity index (χ4v) is 2.10. The highest BCUT2D eigenvalue weighted by Crippen LogP contribution is 2.17. The maximum absolute atomic E-state index is 10.4. The number of non-ortho nitro benzene ring substituents is 2. The number of benzene rings is 2. The number of nitro groups is 2. The van der Waals surface area contributed by atoms with Crippen molar-refractivity contribution in [3.63, 3.8) is 0 Å². The fraction of sp³-hybridized carbons (Fsp3) is 0. The first-order valence-electron chi connectivity index (χ1n) is 8.28. The number of hydrogen-bond donors (Lipinski definition) is 2. The van der Waals surface area contributed by atoms with Crippen LogP contribution in [0.1, 0.15) is 0 Å². The summed E-state index contributed by atoms with van der Waals surface area (Å²) in [6.45, 7) is 0. The number of nitrogens with zero attached hydrogens (tertiary/aromatic N) is 6. The molecule has 18 nitrogen and oxygen atoms in total. The minimum absolute atomic E-state index is 0.0530. The molecular formula is C14H12N10O8S. The molecule has 0 amide bonds. The maximum Gasteiger partial charge on any atom is 0.329 e. The predicted molar refractivity (Wildman–Crippen MR) is 101 cm³/mol. The van der Waals surface area contributed by atoms with Crippen molar-refractivity contribution in [2.45, 2.75) is 0 Å². The van der Waals surface area contributed by atoms with E-state index in [0.29, 0.717) is 11.6 Å². The normalized spacial score (nSPS) is 10.2. The number of rotatable bonds is 4. The van der Waals surface area contributed by atoms with Gasteiger partial charge in [-0.05, 0) is 24.3 Å². The molecule has 0 aliphatic rings. The average molecular weight is 480 g/mol. The predicted octanol–water partition coefficient (Wildman–Crippen LogP) is -0.950. The van der Waals surface area contributed by atoms with Gasteiger partial charge < -0.3 is 9.11 Å². The molecule has 19 heteroatoms. The summed E-state index contributed by atoms with van der Waals surface area (Å²) < 4.78 is 34.1. The highest BCUT2D eigenvalue weighted by atomic mass is 32.3. The Labute approximate surface area is 182 Å². The van der Waals surface area contributed by atoms with Crippen molar-refractivity contribution < 1.29 is 37.6 Å². The number of tetrazole rings is 2. The molecule has 4 aromatic rings. The molecule has 0 saturated heterocycles. The van der Waals surface area contributed by atoms with Crippen LogP contribution in [0.4, 0.5) is 11.4 Å². The van der Waals surface area contributed by atoms with Crippen LogP contribution in [0.15, 0.2) is 48.5 Å². The zero-order chi connectivity index (χ0) is 24.4. The molecule has 2 aromatic heterocycles. The van der Waals surface area contributed by atoms with Gasteiger partial charge in [0.25, 0.3) is 11.4 Å². The molecule has 172 valence electrons. The van der Waals surface area contributed by atoms with Gasteiger partial charge in [0.15, 0.2) is 10.4 Å². The lowest BCUT2D eigenvalue weighted by molar-refractivity contribution is -0.444. The minimum Gasteiger partial charge on any atom is -0.759 e. The van der Waals surface area contributed by atoms with Gasteiger partial charge in [0.1, 0.15) is 10.2 Å². The van der Waals surface area contributed by atoms with Crippen molar-refractivity contribution in [1.82, 2.24) is 31.1 Å². The van der Waals surface area contributed by atoms with Crippen LogP contribution < -0.4 is 10.2 Å². The highest BCUT2D eigenvalue weighted by molar-refractivity contribution is 7.79. The number of hydrogen-bond acceptors (Lipinski definition) is 12. The summed E-state index contributed by atoms with van der Waals surface area (Å²) >= 11 is 0. The molecule has 2 aromatic carbocycles. The Morgan fingerprint density at radius 2 is 1.00 bits per heavy atom. The number of H-pyrrole nitrogens is 4. The maximum atomic E-state index is 10.4. The zero-order valence-corrected chi connectivity index (χ0v) is 16.8. The molecular weight excluding hydrogens is 468 g/mol. The molecule has 0 aliphatic heterocycles. The van der Waals surface area contributed by atoms with Crippen molar-refractivity contribution in [2.75, 3.05) is 0 Å². The number of aromatic amines is 4. The monoisotopic (exact) mass is 480 g/mol. The average Bonchev–Trinajstić information content (AvgIpc) is 3.48. The quantitative estimate of drug-likeness (QED) is 0.155. The second-order valence-electron chi connectivity index (χ2n) is 5.59. The van der Waals surface area contributed by atoms with Gasteiger partial charge in [-0.15, -0.1) is 0 Å². The van der Waals surface area contributed by atoms with Gasteiger partial charge in [-0.2, -0.15) is 10.2 Å². The molecule has 4 rings (SSSR count). The lowest BCUT2D eigenvalue weighted by Crippen LogP contribution is -2.05. The van der Waals surface area contributed by atoms with Crippen LogP contribution >= 0.6 is 0 Å². The van der Waals surface area contributed by atoms with Crippen LogP contribution in [0.25, 0.3) is 22.8 Å². The molecule has 0 aliphatic carbocycles. The fourth-order valence-electron chi connectivity index (χ4n) is 2.10. The molecule has 0 bridgehead atoms. The van der Waals surface area contributed by atoms with Crippen molar-refractivity contribution >= 4 is 21.8 Å². The zero-order valence-electron chi connectivity index (χ0n) is 16.0. The number of nitro benzene ring substituents is 2. The van der Waals surface area contributed by atoms with E-state index >= 15 is 0 Å². The highest BCUT2D eigenvalue weighted by Gasteiger charge is 2.12. The standard InChI is InChI=1S/2C7H5N5O2.H2O4S/c2*13-12(14)6-3-1-5(2-4-6)7-8-10-11-9-7;1-5(2,3)4/h2*1-4H,(H,8,9,10,11);(H2,1,2,3,4). The number of aromatic nitrogens is 8. The lowest BCUT2D eigenvalue weighted by Gasteiger charge is -2.06. The molecule has 0 unspecified atom stereocenters. The summed E-state index contributed by atoms with van der Waals surface area (Å²) in [6, 6.07) is 12.1. The smallest absolute Gasteiger partial charge is 0.329 e. The van der Waals surface area contributed by atoms with Gasteiger partial charge in [-0.1, -0.05) is 10.4 Å². The van der Waals surface area contributed by atoms with E-state index in [1.54, 1.807) is 24.3 Å². The summed E-state index contributed by atoms with van der Waals surface area (Å²) in [6.07, 6.45) is 0. The lowest BCUT2D eigenvalue weighted by atomic mass is 10.2. The molecule has 0 saturated carbocycles. The first-order chi connectivity index (χ1) is 15.5. The van der Waals surface area contributed by atoms with Gasteiger partial charge >= 0.3 is 11.6 Å². The second-order valence-corrected chi connectivity index (χ2v) is 6.40. The van der Waals surface area contributed by atoms with E-state index in [-0.39, 0.29) is 11.4 Å². The van der Waals surface area contributed by atoms with Crippen LogP contribution in [0, 0.1) is 20.2 Å². The molecule has 33 heavy (non-hydrogen) atoms. The molecule has 0 radical (unpaired) electrons. The van der Waals surface area contributed by atoms with Crippen LogP contribution in [0.3, 0.4) is 0 Å². The van der Waals surface area contributed by atoms with Crippen LogP contribution in [0.5, 0.6) is 0 Å². The summed E-state index contributed by atoms with van der Waals surface area (Å²) in [5, 5.41) is 45.4. The van der Waals surface area contributed by atoms with E-state index in [1.165, 1.54) is 24.3 Å². The van der Waals surface area contributed by atoms with Gasteiger partial charge in [-0.3, -0.25) is 28.6 Å². The third-order valence-electron chi connectivity index (χ3n) is 3.45. The largest absolute Gasteiger partial charge is 0.759 e. The van der Waals surface area contributed by atoms with E-state index in [1.807, 2.05) is 0 Å². The van der Waals surface area contributed by atoms with Gasteiger partial charge in [0.2, 0.25) is 0 Å². The van der Waals surface area contributed by atoms with E-state index in [9.17, 15) is 20.2 Å². The summed E-state index contributed by atoms with van der Waals surface area (Å²) in [5.41, 5.74) is 1.59. The Bertz CT molecular complexity index is 1180. The molecule has 0 spiro atoms. The van der Waals surface area contributed by atoms with E-state index in [2.05, 4.69) is 41.2 Å². The first-order valence-corrected chi connectivity index (χ1v) is 9.61. The van der Waals surface area contributed by atoms with Gasteiger partial charge in [0, 0.05) is 34.7 Å². The summed E-state index contributed by atoms with van der Waals surface area (Å²) in [7, 11) is -5.17. The second kappa shape index (κ2) is 11.0. The third-order valence-corrected chi connectivity index (χ3v) is 3.45. The van der Waals surface area contributed by atoms with E-state index in [0.717, 1.165) is 11.1 Å². The molecule has 0 fully saturated rings. The van der Waals surface area contributed by atoms with Gasteiger partial charge in [0.05, 0.1) is 21.0 Å². The SMILES string of the molecule is O=S(=O)([O-])[O-].O=[N+]([O-])c1ccc(-c2nn[nH][nH+]2)cc1.O=[N+]([O-])c1ccc(-c2nn[nH][nH+]2)cc1.